The highest BCUT2D eigenvalue weighted by molar-refractivity contribution is 7.93. The number of sulfonamides is 1. The first-order valence-electron chi connectivity index (χ1n) is 3.79. The highest BCUT2D eigenvalue weighted by Crippen LogP contribution is 2.26. The van der Waals surface area contributed by atoms with Gasteiger partial charge in [-0.3, -0.25) is 4.72 Å². The topological polar surface area (TPSA) is 59.1 Å². The van der Waals surface area contributed by atoms with Crippen molar-refractivity contribution in [2.75, 3.05) is 4.72 Å². The Morgan fingerprint density at radius 1 is 1.53 bits per heavy atom. The Kier molecular flexibility index (Phi) is 3.24. The third-order valence-corrected chi connectivity index (χ3v) is 3.45. The number of nitrogens with one attached hydrogen (secondary N) is 1. The number of thiazole rings is 1. The lowest BCUT2D eigenvalue weighted by molar-refractivity contribution is -0.0429. The van der Waals surface area contributed by atoms with Crippen LogP contribution >= 0.6 is 11.3 Å². The van der Waals surface area contributed by atoms with Gasteiger partial charge in [-0.1, -0.05) is 6.92 Å². The first kappa shape index (κ1) is 12.2. The predicted molar refractivity (Wildman–Crippen MR) is 50.1 cm³/mol. The smallest absolute Gasteiger partial charge is 0.251 e. The summed E-state index contributed by atoms with van der Waals surface area (Å²) in [5.74, 6) is 0. The average molecular weight is 260 g/mol. The highest BCUT2D eigenvalue weighted by Gasteiger charge is 2.46. The molecule has 1 heterocycles. The number of aromatic nitrogens is 1. The van der Waals surface area contributed by atoms with Crippen molar-refractivity contribution in [3.05, 3.63) is 11.1 Å². The van der Waals surface area contributed by atoms with Gasteiger partial charge in [-0.25, -0.2) is 4.98 Å². The number of alkyl halides is 3. The van der Waals surface area contributed by atoms with Crippen LogP contribution in [-0.4, -0.2) is 18.9 Å². The normalized spacial score (nSPS) is 12.8. The number of halogens is 3. The molecular weight excluding hydrogens is 253 g/mol. The van der Waals surface area contributed by atoms with Crippen LogP contribution in [0.25, 0.3) is 0 Å². The van der Waals surface area contributed by atoms with Crippen LogP contribution in [0.5, 0.6) is 0 Å². The Morgan fingerprint density at radius 2 is 2.13 bits per heavy atom. The minimum atomic E-state index is -5.35. The quantitative estimate of drug-likeness (QED) is 0.903. The van der Waals surface area contributed by atoms with Crippen LogP contribution in [0.4, 0.5) is 18.3 Å². The second kappa shape index (κ2) is 3.97. The summed E-state index contributed by atoms with van der Waals surface area (Å²) >= 11 is 0.816. The molecule has 0 aliphatic rings. The van der Waals surface area contributed by atoms with Crippen LogP contribution in [0.3, 0.4) is 0 Å². The van der Waals surface area contributed by atoms with Gasteiger partial charge in [0.05, 0.1) is 5.69 Å². The lowest BCUT2D eigenvalue weighted by Gasteiger charge is -2.07. The molecule has 0 spiro atoms. The molecule has 0 saturated heterocycles. The molecular formula is C6H7F3N2O2S2. The lowest BCUT2D eigenvalue weighted by atomic mass is 10.4. The van der Waals surface area contributed by atoms with Crippen molar-refractivity contribution in [3.8, 4) is 0 Å². The molecule has 0 aromatic carbocycles. The van der Waals surface area contributed by atoms with Crippen LogP contribution < -0.4 is 4.72 Å². The average Bonchev–Trinajstić information content (AvgIpc) is 2.49. The molecule has 1 rings (SSSR count). The summed E-state index contributed by atoms with van der Waals surface area (Å²) in [5, 5.41) is 1.22. The highest BCUT2D eigenvalue weighted by atomic mass is 32.2. The van der Waals surface area contributed by atoms with Crippen molar-refractivity contribution in [2.45, 2.75) is 18.9 Å². The van der Waals surface area contributed by atoms with E-state index in [9.17, 15) is 21.6 Å². The summed E-state index contributed by atoms with van der Waals surface area (Å²) in [6, 6.07) is 0. The Bertz CT molecular complexity index is 437. The molecule has 0 unspecified atom stereocenters. The molecule has 0 aliphatic heterocycles. The molecule has 1 aromatic heterocycles. The summed E-state index contributed by atoms with van der Waals surface area (Å²) in [6.07, 6.45) is 0.532. The zero-order valence-electron chi connectivity index (χ0n) is 7.50. The molecule has 15 heavy (non-hydrogen) atoms. The van der Waals surface area contributed by atoms with Gasteiger partial charge in [-0.15, -0.1) is 11.3 Å². The van der Waals surface area contributed by atoms with Gasteiger partial charge in [0.15, 0.2) is 5.13 Å². The second-order valence-electron chi connectivity index (χ2n) is 2.55. The molecule has 0 bridgehead atoms. The Labute approximate surface area is 88.2 Å². The Morgan fingerprint density at radius 3 is 2.53 bits per heavy atom. The number of aryl methyl sites for hydroxylation is 1. The van der Waals surface area contributed by atoms with Crippen LogP contribution in [-0.2, 0) is 16.4 Å². The fourth-order valence-electron chi connectivity index (χ4n) is 0.689. The minimum absolute atomic E-state index is 0.274. The van der Waals surface area contributed by atoms with Gasteiger partial charge in [-0.2, -0.15) is 21.6 Å². The molecule has 0 fully saturated rings. The van der Waals surface area contributed by atoms with Gasteiger partial charge >= 0.3 is 15.5 Å². The Balaban J connectivity index is 2.87. The summed E-state index contributed by atoms with van der Waals surface area (Å²) < 4.78 is 58.5. The van der Waals surface area contributed by atoms with Crippen molar-refractivity contribution < 1.29 is 21.6 Å². The molecule has 4 nitrogen and oxygen atoms in total. The maximum absolute atomic E-state index is 11.9. The first-order chi connectivity index (χ1) is 6.76. The number of rotatable bonds is 3. The maximum atomic E-state index is 11.9. The van der Waals surface area contributed by atoms with Crippen molar-refractivity contribution in [2.24, 2.45) is 0 Å². The number of anilines is 1. The summed E-state index contributed by atoms with van der Waals surface area (Å²) in [7, 11) is -5.35. The van der Waals surface area contributed by atoms with Gasteiger partial charge in [0, 0.05) is 5.38 Å². The first-order valence-corrected chi connectivity index (χ1v) is 6.16. The van der Waals surface area contributed by atoms with E-state index >= 15 is 0 Å². The zero-order valence-corrected chi connectivity index (χ0v) is 9.13. The van der Waals surface area contributed by atoms with E-state index in [1.807, 2.05) is 0 Å². The largest absolute Gasteiger partial charge is 0.516 e. The molecule has 0 radical (unpaired) electrons. The standard InChI is InChI=1S/C6H7F3N2O2S2/c1-2-4-3-14-5(10-4)11-15(12,13)6(7,8)9/h3H,2H2,1H3,(H,10,11). The third kappa shape index (κ3) is 2.81. The number of hydrogen-bond donors (Lipinski definition) is 1. The van der Waals surface area contributed by atoms with Crippen molar-refractivity contribution in [3.63, 3.8) is 0 Å². The van der Waals surface area contributed by atoms with Crippen molar-refractivity contribution in [1.82, 2.24) is 4.98 Å². The van der Waals surface area contributed by atoms with Crippen molar-refractivity contribution in [1.29, 1.82) is 0 Å². The van der Waals surface area contributed by atoms with E-state index in [4.69, 9.17) is 0 Å². The fraction of sp³-hybridized carbons (Fsp3) is 0.500. The second-order valence-corrected chi connectivity index (χ2v) is 5.08. The third-order valence-electron chi connectivity index (χ3n) is 1.44. The van der Waals surface area contributed by atoms with E-state index in [0.29, 0.717) is 12.1 Å². The summed E-state index contributed by atoms with van der Waals surface area (Å²) in [4.78, 5) is 3.66. The van der Waals surface area contributed by atoms with Gasteiger partial charge < -0.3 is 0 Å². The molecule has 86 valence electrons. The number of hydrogen-bond acceptors (Lipinski definition) is 4. The molecule has 0 amide bonds. The molecule has 0 saturated carbocycles. The summed E-state index contributed by atoms with van der Waals surface area (Å²) in [6.45, 7) is 1.76. The SMILES string of the molecule is CCc1csc(NS(=O)(=O)C(F)(F)F)n1. The van der Waals surface area contributed by atoms with Gasteiger partial charge in [-0.05, 0) is 6.42 Å². The minimum Gasteiger partial charge on any atom is -0.251 e. The predicted octanol–water partition coefficient (Wildman–Crippen LogP) is 1.97. The van der Waals surface area contributed by atoms with Gasteiger partial charge in [0.25, 0.3) is 0 Å². The van der Waals surface area contributed by atoms with E-state index in [1.165, 1.54) is 10.1 Å². The van der Waals surface area contributed by atoms with Crippen LogP contribution in [0.1, 0.15) is 12.6 Å². The van der Waals surface area contributed by atoms with Gasteiger partial charge in [0.1, 0.15) is 0 Å². The van der Waals surface area contributed by atoms with Gasteiger partial charge in [0.2, 0.25) is 0 Å². The van der Waals surface area contributed by atoms with Crippen LogP contribution in [0, 0.1) is 0 Å². The van der Waals surface area contributed by atoms with E-state index in [-0.39, 0.29) is 5.13 Å². The number of nitrogens with zero attached hydrogens (tertiary/aromatic N) is 1. The Hall–Kier alpha value is -0.830. The van der Waals surface area contributed by atoms with Crippen LogP contribution in [0.2, 0.25) is 0 Å². The van der Waals surface area contributed by atoms with Crippen molar-refractivity contribution >= 4 is 26.5 Å². The van der Waals surface area contributed by atoms with E-state index in [1.54, 1.807) is 6.92 Å². The molecule has 1 N–H and O–H groups in total. The fourth-order valence-corrected chi connectivity index (χ4v) is 2.24. The monoisotopic (exact) mass is 260 g/mol. The van der Waals surface area contributed by atoms with E-state index in [2.05, 4.69) is 4.98 Å². The maximum Gasteiger partial charge on any atom is 0.516 e. The molecule has 1 aromatic rings. The van der Waals surface area contributed by atoms with Crippen LogP contribution in [0.15, 0.2) is 5.38 Å². The van der Waals surface area contributed by atoms with E-state index in [0.717, 1.165) is 11.3 Å². The molecule has 9 heteroatoms. The lowest BCUT2D eigenvalue weighted by Crippen LogP contribution is -2.29. The molecule has 0 aliphatic carbocycles. The molecule has 0 atom stereocenters. The van der Waals surface area contributed by atoms with E-state index < -0.39 is 15.5 Å². The summed E-state index contributed by atoms with van der Waals surface area (Å²) in [5.41, 5.74) is -4.77. The zero-order chi connectivity index (χ0) is 11.7.